The lowest BCUT2D eigenvalue weighted by molar-refractivity contribution is -0.141. The zero-order valence-electron chi connectivity index (χ0n) is 12.0. The fourth-order valence-corrected chi connectivity index (χ4v) is 2.01. The van der Waals surface area contributed by atoms with E-state index in [1.807, 2.05) is 12.1 Å². The predicted octanol–water partition coefficient (Wildman–Crippen LogP) is 3.95. The maximum Gasteiger partial charge on any atom is 0.435 e. The lowest BCUT2D eigenvalue weighted by Crippen LogP contribution is -2.19. The zero-order valence-corrected chi connectivity index (χ0v) is 12.0. The SMILES string of the molecule is CCCNC(C)c1ccc(-n2ccc(C(F)(F)F)n2)cc1. The molecule has 0 spiro atoms. The Bertz CT molecular complexity index is 573. The van der Waals surface area contributed by atoms with Crippen molar-refractivity contribution in [2.24, 2.45) is 0 Å². The fourth-order valence-electron chi connectivity index (χ4n) is 2.01. The molecule has 1 N–H and O–H groups in total. The highest BCUT2D eigenvalue weighted by Gasteiger charge is 2.33. The van der Waals surface area contributed by atoms with E-state index in [4.69, 9.17) is 0 Å². The average Bonchev–Trinajstić information content (AvgIpc) is 2.95. The van der Waals surface area contributed by atoms with E-state index in [0.717, 1.165) is 24.6 Å². The Hall–Kier alpha value is -1.82. The Balaban J connectivity index is 2.13. The molecular formula is C15H18F3N3. The van der Waals surface area contributed by atoms with Crippen LogP contribution >= 0.6 is 0 Å². The summed E-state index contributed by atoms with van der Waals surface area (Å²) in [6, 6.07) is 8.52. The average molecular weight is 297 g/mol. The molecule has 1 heterocycles. The van der Waals surface area contributed by atoms with E-state index >= 15 is 0 Å². The summed E-state index contributed by atoms with van der Waals surface area (Å²) in [5.41, 5.74) is 0.817. The third kappa shape index (κ3) is 3.85. The molecule has 1 aromatic carbocycles. The lowest BCUT2D eigenvalue weighted by atomic mass is 10.1. The molecule has 1 aromatic heterocycles. The minimum atomic E-state index is -4.41. The Labute approximate surface area is 121 Å². The highest BCUT2D eigenvalue weighted by molar-refractivity contribution is 5.35. The van der Waals surface area contributed by atoms with Gasteiger partial charge in [-0.05, 0) is 43.7 Å². The fraction of sp³-hybridized carbons (Fsp3) is 0.400. The molecule has 0 aliphatic rings. The molecule has 0 fully saturated rings. The van der Waals surface area contributed by atoms with Gasteiger partial charge in [0, 0.05) is 12.2 Å². The standard InChI is InChI=1S/C15H18F3N3/c1-3-9-19-11(2)12-4-6-13(7-5-12)21-10-8-14(20-21)15(16,17)18/h4-8,10-11,19H,3,9H2,1-2H3. The second-order valence-electron chi connectivity index (χ2n) is 4.91. The van der Waals surface area contributed by atoms with Crippen LogP contribution in [0.5, 0.6) is 0 Å². The van der Waals surface area contributed by atoms with Gasteiger partial charge < -0.3 is 5.32 Å². The van der Waals surface area contributed by atoms with Gasteiger partial charge >= 0.3 is 6.18 Å². The van der Waals surface area contributed by atoms with Crippen molar-refractivity contribution in [1.29, 1.82) is 0 Å². The van der Waals surface area contributed by atoms with Gasteiger partial charge in [0.15, 0.2) is 5.69 Å². The minimum Gasteiger partial charge on any atom is -0.310 e. The van der Waals surface area contributed by atoms with Gasteiger partial charge in [-0.2, -0.15) is 18.3 Å². The quantitative estimate of drug-likeness (QED) is 0.905. The summed E-state index contributed by atoms with van der Waals surface area (Å²) in [6.45, 7) is 5.08. The van der Waals surface area contributed by atoms with Gasteiger partial charge in [0.05, 0.1) is 5.69 Å². The molecule has 0 saturated heterocycles. The largest absolute Gasteiger partial charge is 0.435 e. The molecule has 0 saturated carbocycles. The molecule has 3 nitrogen and oxygen atoms in total. The number of alkyl halides is 3. The van der Waals surface area contributed by atoms with Gasteiger partial charge in [-0.25, -0.2) is 4.68 Å². The maximum absolute atomic E-state index is 12.5. The van der Waals surface area contributed by atoms with E-state index < -0.39 is 11.9 Å². The van der Waals surface area contributed by atoms with Crippen LogP contribution < -0.4 is 5.32 Å². The highest BCUT2D eigenvalue weighted by atomic mass is 19.4. The van der Waals surface area contributed by atoms with Crippen molar-refractivity contribution < 1.29 is 13.2 Å². The predicted molar refractivity (Wildman–Crippen MR) is 75.3 cm³/mol. The van der Waals surface area contributed by atoms with Crippen molar-refractivity contribution in [3.8, 4) is 5.69 Å². The van der Waals surface area contributed by atoms with E-state index in [1.165, 1.54) is 10.9 Å². The smallest absolute Gasteiger partial charge is 0.310 e. The summed E-state index contributed by atoms with van der Waals surface area (Å²) in [5, 5.41) is 6.91. The second kappa shape index (κ2) is 6.30. The zero-order chi connectivity index (χ0) is 15.5. The third-order valence-electron chi connectivity index (χ3n) is 3.24. The van der Waals surface area contributed by atoms with Crippen LogP contribution in [0.25, 0.3) is 5.69 Å². The summed E-state index contributed by atoms with van der Waals surface area (Å²) >= 11 is 0. The molecule has 0 bridgehead atoms. The van der Waals surface area contributed by atoms with Crippen molar-refractivity contribution in [2.45, 2.75) is 32.5 Å². The van der Waals surface area contributed by atoms with E-state index in [2.05, 4.69) is 24.3 Å². The number of hydrogen-bond donors (Lipinski definition) is 1. The molecule has 21 heavy (non-hydrogen) atoms. The van der Waals surface area contributed by atoms with E-state index in [1.54, 1.807) is 12.1 Å². The van der Waals surface area contributed by atoms with Gasteiger partial charge in [0.25, 0.3) is 0 Å². The van der Waals surface area contributed by atoms with Gasteiger partial charge in [0.1, 0.15) is 0 Å². The highest BCUT2D eigenvalue weighted by Crippen LogP contribution is 2.28. The van der Waals surface area contributed by atoms with Crippen molar-refractivity contribution in [3.05, 3.63) is 47.8 Å². The molecule has 0 amide bonds. The summed E-state index contributed by atoms with van der Waals surface area (Å²) in [4.78, 5) is 0. The van der Waals surface area contributed by atoms with E-state index in [9.17, 15) is 13.2 Å². The topological polar surface area (TPSA) is 29.9 Å². The molecule has 2 rings (SSSR count). The molecule has 1 unspecified atom stereocenters. The van der Waals surface area contributed by atoms with Crippen molar-refractivity contribution in [2.75, 3.05) is 6.54 Å². The summed E-state index contributed by atoms with van der Waals surface area (Å²) < 4.78 is 38.8. The first-order valence-corrected chi connectivity index (χ1v) is 6.88. The summed E-state index contributed by atoms with van der Waals surface area (Å²) in [5.74, 6) is 0. The van der Waals surface area contributed by atoms with Crippen molar-refractivity contribution in [3.63, 3.8) is 0 Å². The molecule has 0 aliphatic heterocycles. The number of benzene rings is 1. The minimum absolute atomic E-state index is 0.211. The van der Waals surface area contributed by atoms with Gasteiger partial charge in [-0.1, -0.05) is 19.1 Å². The number of aromatic nitrogens is 2. The Morgan fingerprint density at radius 2 is 1.86 bits per heavy atom. The van der Waals surface area contributed by atoms with Crippen LogP contribution in [-0.2, 0) is 6.18 Å². The van der Waals surface area contributed by atoms with Crippen LogP contribution in [-0.4, -0.2) is 16.3 Å². The Morgan fingerprint density at radius 1 is 1.19 bits per heavy atom. The number of rotatable bonds is 5. The molecule has 114 valence electrons. The Morgan fingerprint density at radius 3 is 2.38 bits per heavy atom. The molecule has 6 heteroatoms. The summed E-state index contributed by atoms with van der Waals surface area (Å²) in [6.07, 6.45) is -2.05. The normalized spacial score (nSPS) is 13.4. The third-order valence-corrected chi connectivity index (χ3v) is 3.24. The molecular weight excluding hydrogens is 279 g/mol. The van der Waals surface area contributed by atoms with Crippen molar-refractivity contribution >= 4 is 0 Å². The number of halogens is 3. The van der Waals surface area contributed by atoms with Crippen LogP contribution in [0.3, 0.4) is 0 Å². The van der Waals surface area contributed by atoms with Crippen LogP contribution in [0.1, 0.15) is 37.6 Å². The number of nitrogens with zero attached hydrogens (tertiary/aromatic N) is 2. The Kier molecular flexibility index (Phi) is 4.67. The van der Waals surface area contributed by atoms with Crippen LogP contribution in [0.4, 0.5) is 13.2 Å². The number of nitrogens with one attached hydrogen (secondary N) is 1. The van der Waals surface area contributed by atoms with Gasteiger partial charge in [-0.15, -0.1) is 0 Å². The first-order valence-electron chi connectivity index (χ1n) is 6.88. The monoisotopic (exact) mass is 297 g/mol. The molecule has 0 aliphatic carbocycles. The molecule has 1 atom stereocenters. The van der Waals surface area contributed by atoms with Crippen LogP contribution in [0, 0.1) is 0 Å². The second-order valence-corrected chi connectivity index (χ2v) is 4.91. The van der Waals surface area contributed by atoms with Gasteiger partial charge in [0.2, 0.25) is 0 Å². The van der Waals surface area contributed by atoms with Gasteiger partial charge in [-0.3, -0.25) is 0 Å². The molecule has 0 radical (unpaired) electrons. The van der Waals surface area contributed by atoms with Crippen LogP contribution in [0.15, 0.2) is 36.5 Å². The van der Waals surface area contributed by atoms with E-state index in [0.29, 0.717) is 5.69 Å². The number of hydrogen-bond acceptors (Lipinski definition) is 2. The van der Waals surface area contributed by atoms with E-state index in [-0.39, 0.29) is 6.04 Å². The maximum atomic E-state index is 12.5. The summed E-state index contributed by atoms with van der Waals surface area (Å²) in [7, 11) is 0. The lowest BCUT2D eigenvalue weighted by Gasteiger charge is -2.14. The van der Waals surface area contributed by atoms with Crippen LogP contribution in [0.2, 0.25) is 0 Å². The first kappa shape index (κ1) is 15.6. The van der Waals surface area contributed by atoms with Crippen molar-refractivity contribution in [1.82, 2.24) is 15.1 Å². The first-order chi connectivity index (χ1) is 9.91. The molecule has 2 aromatic rings.